The molecule has 0 aliphatic carbocycles. The Balaban J connectivity index is 1.74. The molecular formula is C21H22FN3O3. The summed E-state index contributed by atoms with van der Waals surface area (Å²) in [6, 6.07) is 13.5. The zero-order valence-corrected chi connectivity index (χ0v) is 15.6. The van der Waals surface area contributed by atoms with Crippen molar-refractivity contribution in [3.63, 3.8) is 0 Å². The van der Waals surface area contributed by atoms with Crippen LogP contribution in [0.2, 0.25) is 0 Å². The number of imidazole rings is 1. The smallest absolute Gasteiger partial charge is 0.254 e. The van der Waals surface area contributed by atoms with Crippen molar-refractivity contribution in [1.82, 2.24) is 14.9 Å². The lowest BCUT2D eigenvalue weighted by atomic mass is 10.1. The molecule has 0 saturated carbocycles. The molecule has 6 nitrogen and oxygen atoms in total. The molecule has 1 N–H and O–H groups in total. The van der Waals surface area contributed by atoms with Gasteiger partial charge < -0.3 is 19.4 Å². The average molecular weight is 383 g/mol. The van der Waals surface area contributed by atoms with E-state index in [1.807, 2.05) is 18.2 Å². The van der Waals surface area contributed by atoms with Gasteiger partial charge in [0, 0.05) is 31.6 Å². The highest BCUT2D eigenvalue weighted by Crippen LogP contribution is 2.22. The number of para-hydroxylation sites is 1. The molecule has 1 heterocycles. The van der Waals surface area contributed by atoms with E-state index >= 15 is 0 Å². The van der Waals surface area contributed by atoms with Crippen LogP contribution in [0.15, 0.2) is 60.9 Å². The summed E-state index contributed by atoms with van der Waals surface area (Å²) in [4.78, 5) is 22.1. The number of methoxy groups -OCH3 is 1. The number of aromatic nitrogens is 2. The monoisotopic (exact) mass is 383 g/mol. The van der Waals surface area contributed by atoms with E-state index in [2.05, 4.69) is 9.97 Å². The SMILES string of the molecule is COCCN(CCOc1ccccc1F)C(=O)c1ccccc1-c1ncc[nH]1. The topological polar surface area (TPSA) is 67.5 Å². The molecule has 0 aliphatic heterocycles. The van der Waals surface area contributed by atoms with E-state index in [9.17, 15) is 9.18 Å². The number of nitrogens with zero attached hydrogens (tertiary/aromatic N) is 2. The number of ether oxygens (including phenoxy) is 2. The fraction of sp³-hybridized carbons (Fsp3) is 0.238. The maximum absolute atomic E-state index is 13.7. The lowest BCUT2D eigenvalue weighted by Gasteiger charge is -2.23. The number of benzene rings is 2. The third kappa shape index (κ3) is 4.75. The average Bonchev–Trinajstić information content (AvgIpc) is 3.26. The predicted molar refractivity (Wildman–Crippen MR) is 104 cm³/mol. The molecule has 2 aromatic carbocycles. The summed E-state index contributed by atoms with van der Waals surface area (Å²) in [5, 5.41) is 0. The van der Waals surface area contributed by atoms with Crippen LogP contribution >= 0.6 is 0 Å². The van der Waals surface area contributed by atoms with Crippen molar-refractivity contribution in [2.75, 3.05) is 33.4 Å². The molecule has 0 spiro atoms. The van der Waals surface area contributed by atoms with E-state index in [-0.39, 0.29) is 18.3 Å². The Labute approximate surface area is 162 Å². The Kier molecular flexibility index (Phi) is 6.75. The van der Waals surface area contributed by atoms with Crippen LogP contribution in [0.4, 0.5) is 4.39 Å². The first-order valence-electron chi connectivity index (χ1n) is 8.95. The second-order valence-corrected chi connectivity index (χ2v) is 6.05. The second-order valence-electron chi connectivity index (χ2n) is 6.05. The minimum Gasteiger partial charge on any atom is -0.489 e. The lowest BCUT2D eigenvalue weighted by Crippen LogP contribution is -2.37. The van der Waals surface area contributed by atoms with Crippen molar-refractivity contribution in [2.24, 2.45) is 0 Å². The number of hydrogen-bond acceptors (Lipinski definition) is 4. The summed E-state index contributed by atoms with van der Waals surface area (Å²) >= 11 is 0. The van der Waals surface area contributed by atoms with Crippen LogP contribution in [-0.4, -0.2) is 54.2 Å². The molecule has 0 bridgehead atoms. The molecule has 0 aliphatic rings. The van der Waals surface area contributed by atoms with E-state index in [0.717, 1.165) is 5.56 Å². The summed E-state index contributed by atoms with van der Waals surface area (Å²) in [6.07, 6.45) is 3.35. The van der Waals surface area contributed by atoms with Gasteiger partial charge in [-0.05, 0) is 18.2 Å². The molecule has 3 rings (SSSR count). The van der Waals surface area contributed by atoms with Crippen LogP contribution < -0.4 is 4.74 Å². The normalized spacial score (nSPS) is 10.6. The van der Waals surface area contributed by atoms with E-state index < -0.39 is 5.82 Å². The number of carbonyl (C=O) groups excluding carboxylic acids is 1. The molecule has 28 heavy (non-hydrogen) atoms. The predicted octanol–water partition coefficient (Wildman–Crippen LogP) is 3.38. The van der Waals surface area contributed by atoms with E-state index in [0.29, 0.717) is 31.1 Å². The molecular weight excluding hydrogens is 361 g/mol. The van der Waals surface area contributed by atoms with Gasteiger partial charge in [-0.25, -0.2) is 9.37 Å². The number of hydrogen-bond donors (Lipinski definition) is 1. The van der Waals surface area contributed by atoms with Gasteiger partial charge in [-0.1, -0.05) is 30.3 Å². The number of H-pyrrole nitrogens is 1. The summed E-state index contributed by atoms with van der Waals surface area (Å²) in [6.45, 7) is 1.24. The minimum atomic E-state index is -0.430. The van der Waals surface area contributed by atoms with Crippen molar-refractivity contribution in [3.05, 3.63) is 72.3 Å². The number of carbonyl (C=O) groups is 1. The van der Waals surface area contributed by atoms with Crippen LogP contribution in [0.1, 0.15) is 10.4 Å². The fourth-order valence-electron chi connectivity index (χ4n) is 2.80. The molecule has 3 aromatic rings. The first kappa shape index (κ1) is 19.6. The van der Waals surface area contributed by atoms with Crippen molar-refractivity contribution in [1.29, 1.82) is 0 Å². The highest BCUT2D eigenvalue weighted by Gasteiger charge is 2.20. The lowest BCUT2D eigenvalue weighted by molar-refractivity contribution is 0.0665. The molecule has 1 amide bonds. The van der Waals surface area contributed by atoms with Crippen LogP contribution in [0.25, 0.3) is 11.4 Å². The molecule has 7 heteroatoms. The number of amides is 1. The van der Waals surface area contributed by atoms with Gasteiger partial charge in [-0.15, -0.1) is 0 Å². The Morgan fingerprint density at radius 2 is 1.86 bits per heavy atom. The Bertz CT molecular complexity index is 899. The Morgan fingerprint density at radius 3 is 2.61 bits per heavy atom. The molecule has 0 saturated heterocycles. The highest BCUT2D eigenvalue weighted by molar-refractivity contribution is 6.00. The third-order valence-electron chi connectivity index (χ3n) is 4.22. The van der Waals surface area contributed by atoms with Crippen LogP contribution in [0.3, 0.4) is 0 Å². The van der Waals surface area contributed by atoms with E-state index in [4.69, 9.17) is 9.47 Å². The fourth-order valence-corrected chi connectivity index (χ4v) is 2.80. The van der Waals surface area contributed by atoms with Gasteiger partial charge in [0.1, 0.15) is 12.4 Å². The van der Waals surface area contributed by atoms with E-state index in [1.165, 1.54) is 6.07 Å². The standard InChI is InChI=1S/C21H22FN3O3/c1-27-14-12-25(13-15-28-19-9-5-4-8-18(19)22)21(26)17-7-3-2-6-16(17)20-23-10-11-24-20/h2-11H,12-15H2,1H3,(H,23,24). The Hall–Kier alpha value is -3.19. The van der Waals surface area contributed by atoms with Gasteiger partial charge in [0.05, 0.1) is 18.7 Å². The highest BCUT2D eigenvalue weighted by atomic mass is 19.1. The maximum Gasteiger partial charge on any atom is 0.254 e. The first-order chi connectivity index (χ1) is 13.7. The second kappa shape index (κ2) is 9.66. The largest absolute Gasteiger partial charge is 0.489 e. The van der Waals surface area contributed by atoms with Gasteiger partial charge >= 0.3 is 0 Å². The zero-order chi connectivity index (χ0) is 19.8. The summed E-state index contributed by atoms with van der Waals surface area (Å²) in [5.41, 5.74) is 1.24. The molecule has 0 atom stereocenters. The van der Waals surface area contributed by atoms with Crippen molar-refractivity contribution >= 4 is 5.91 Å². The first-order valence-corrected chi connectivity index (χ1v) is 8.95. The zero-order valence-electron chi connectivity index (χ0n) is 15.6. The van der Waals surface area contributed by atoms with Gasteiger partial charge in [-0.3, -0.25) is 4.79 Å². The number of rotatable bonds is 9. The van der Waals surface area contributed by atoms with Gasteiger partial charge in [0.15, 0.2) is 11.6 Å². The van der Waals surface area contributed by atoms with Gasteiger partial charge in [0.2, 0.25) is 0 Å². The molecule has 0 fully saturated rings. The van der Waals surface area contributed by atoms with Crippen molar-refractivity contribution in [3.8, 4) is 17.1 Å². The molecule has 0 radical (unpaired) electrons. The summed E-state index contributed by atoms with van der Waals surface area (Å²) < 4.78 is 24.4. The van der Waals surface area contributed by atoms with Crippen LogP contribution in [-0.2, 0) is 4.74 Å². The molecule has 1 aromatic heterocycles. The quantitative estimate of drug-likeness (QED) is 0.615. The molecule has 146 valence electrons. The number of aromatic amines is 1. The van der Waals surface area contributed by atoms with Crippen molar-refractivity contribution < 1.29 is 18.7 Å². The number of nitrogens with one attached hydrogen (secondary N) is 1. The number of halogens is 1. The third-order valence-corrected chi connectivity index (χ3v) is 4.22. The van der Waals surface area contributed by atoms with Gasteiger partial charge in [-0.2, -0.15) is 0 Å². The van der Waals surface area contributed by atoms with Crippen LogP contribution in [0, 0.1) is 5.82 Å². The van der Waals surface area contributed by atoms with Crippen molar-refractivity contribution in [2.45, 2.75) is 0 Å². The van der Waals surface area contributed by atoms with E-state index in [1.54, 1.807) is 48.7 Å². The van der Waals surface area contributed by atoms with Gasteiger partial charge in [0.25, 0.3) is 5.91 Å². The van der Waals surface area contributed by atoms with Crippen LogP contribution in [0.5, 0.6) is 5.75 Å². The summed E-state index contributed by atoms with van der Waals surface area (Å²) in [7, 11) is 1.58. The Morgan fingerprint density at radius 1 is 1.11 bits per heavy atom. The molecule has 0 unspecified atom stereocenters. The summed E-state index contributed by atoms with van der Waals surface area (Å²) in [5.74, 6) is 0.192. The maximum atomic E-state index is 13.7. The minimum absolute atomic E-state index is 0.164.